The van der Waals surface area contributed by atoms with Gasteiger partial charge in [-0.2, -0.15) is 14.6 Å². The van der Waals surface area contributed by atoms with Crippen LogP contribution in [0.2, 0.25) is 0 Å². The monoisotopic (exact) mass is 331 g/mol. The van der Waals surface area contributed by atoms with E-state index in [-0.39, 0.29) is 0 Å². The number of hydrogen-bond donors (Lipinski definition) is 1. The van der Waals surface area contributed by atoms with Gasteiger partial charge >= 0.3 is 0 Å². The lowest BCUT2D eigenvalue weighted by Gasteiger charge is -2.08. The topological polar surface area (TPSA) is 78.3 Å². The lowest BCUT2D eigenvalue weighted by Crippen LogP contribution is -2.08. The van der Waals surface area contributed by atoms with Gasteiger partial charge in [-0.25, -0.2) is 4.98 Å². The summed E-state index contributed by atoms with van der Waals surface area (Å²) in [6.07, 6.45) is 0.538. The molecule has 4 aromatic rings. The van der Waals surface area contributed by atoms with Crippen LogP contribution in [0.4, 0.5) is 5.95 Å². The number of fused-ring (bicyclic) bond motifs is 1. The van der Waals surface area contributed by atoms with E-state index in [4.69, 9.17) is 10.5 Å². The summed E-state index contributed by atoms with van der Waals surface area (Å²) in [4.78, 5) is 9.00. The highest BCUT2D eigenvalue weighted by molar-refractivity contribution is 5.64. The van der Waals surface area contributed by atoms with E-state index in [1.165, 1.54) is 0 Å². The number of benzene rings is 2. The number of aromatic nitrogens is 4. The molecule has 2 aromatic heterocycles. The van der Waals surface area contributed by atoms with Crippen LogP contribution in [-0.2, 0) is 6.42 Å². The number of nitrogens with two attached hydrogens (primary N) is 1. The van der Waals surface area contributed by atoms with Crippen molar-refractivity contribution < 1.29 is 4.74 Å². The SMILES string of the molecule is COc1ccccc1Cc1nc(N)n2nc(-c3ccccc3)cc2n1. The molecule has 0 aliphatic carbocycles. The first kappa shape index (κ1) is 15.1. The molecular formula is C19H17N5O. The zero-order valence-electron chi connectivity index (χ0n) is 13.8. The number of hydrogen-bond acceptors (Lipinski definition) is 5. The molecule has 0 bridgehead atoms. The normalized spacial score (nSPS) is 10.9. The molecule has 0 aliphatic heterocycles. The van der Waals surface area contributed by atoms with Gasteiger partial charge in [0.1, 0.15) is 11.6 Å². The van der Waals surface area contributed by atoms with Crippen LogP contribution in [0.1, 0.15) is 11.4 Å². The fraction of sp³-hybridized carbons (Fsp3) is 0.105. The summed E-state index contributed by atoms with van der Waals surface area (Å²) in [6.45, 7) is 0. The van der Waals surface area contributed by atoms with Gasteiger partial charge in [-0.3, -0.25) is 0 Å². The third kappa shape index (κ3) is 2.89. The molecule has 6 nitrogen and oxygen atoms in total. The van der Waals surface area contributed by atoms with Gasteiger partial charge in [0.15, 0.2) is 5.65 Å². The van der Waals surface area contributed by atoms with Crippen molar-refractivity contribution in [2.45, 2.75) is 6.42 Å². The molecule has 0 saturated carbocycles. The first-order valence-corrected chi connectivity index (χ1v) is 7.94. The molecule has 0 unspecified atom stereocenters. The minimum absolute atomic E-state index is 0.317. The van der Waals surface area contributed by atoms with Crippen molar-refractivity contribution in [2.75, 3.05) is 12.8 Å². The maximum Gasteiger partial charge on any atom is 0.224 e. The van der Waals surface area contributed by atoms with E-state index in [2.05, 4.69) is 15.1 Å². The zero-order valence-corrected chi connectivity index (χ0v) is 13.8. The van der Waals surface area contributed by atoms with E-state index >= 15 is 0 Å². The van der Waals surface area contributed by atoms with E-state index < -0.39 is 0 Å². The number of anilines is 1. The molecule has 0 radical (unpaired) electrons. The highest BCUT2D eigenvalue weighted by Gasteiger charge is 2.12. The van der Waals surface area contributed by atoms with Crippen LogP contribution in [-0.4, -0.2) is 26.7 Å². The maximum atomic E-state index is 6.09. The fourth-order valence-corrected chi connectivity index (χ4v) is 2.80. The van der Waals surface area contributed by atoms with Gasteiger partial charge in [0.2, 0.25) is 5.95 Å². The largest absolute Gasteiger partial charge is 0.496 e. The third-order valence-electron chi connectivity index (χ3n) is 4.01. The van der Waals surface area contributed by atoms with Gasteiger partial charge in [0.05, 0.1) is 12.8 Å². The van der Waals surface area contributed by atoms with E-state index in [1.807, 2.05) is 60.7 Å². The quantitative estimate of drug-likeness (QED) is 0.622. The van der Waals surface area contributed by atoms with Crippen molar-refractivity contribution in [3.8, 4) is 17.0 Å². The summed E-state index contributed by atoms with van der Waals surface area (Å²) in [5, 5.41) is 4.51. The second kappa shape index (κ2) is 6.24. The predicted molar refractivity (Wildman–Crippen MR) is 96.4 cm³/mol. The fourth-order valence-electron chi connectivity index (χ4n) is 2.80. The highest BCUT2D eigenvalue weighted by atomic mass is 16.5. The van der Waals surface area contributed by atoms with Gasteiger partial charge < -0.3 is 10.5 Å². The van der Waals surface area contributed by atoms with Gasteiger partial charge in [-0.1, -0.05) is 48.5 Å². The maximum absolute atomic E-state index is 6.09. The third-order valence-corrected chi connectivity index (χ3v) is 4.01. The molecule has 6 heteroatoms. The smallest absolute Gasteiger partial charge is 0.224 e. The van der Waals surface area contributed by atoms with E-state index in [0.29, 0.717) is 23.8 Å². The van der Waals surface area contributed by atoms with E-state index in [1.54, 1.807) is 11.6 Å². The molecule has 0 atom stereocenters. The Morgan fingerprint density at radius 2 is 1.76 bits per heavy atom. The summed E-state index contributed by atoms with van der Waals surface area (Å²) in [5.74, 6) is 1.76. The predicted octanol–water partition coefficient (Wildman–Crippen LogP) is 2.97. The molecule has 2 N–H and O–H groups in total. The number of nitrogen functional groups attached to an aromatic ring is 1. The van der Waals surface area contributed by atoms with E-state index in [9.17, 15) is 0 Å². The van der Waals surface area contributed by atoms with Gasteiger partial charge in [-0.15, -0.1) is 0 Å². The average molecular weight is 331 g/mol. The minimum Gasteiger partial charge on any atom is -0.496 e. The number of rotatable bonds is 4. The Balaban J connectivity index is 1.74. The standard InChI is InChI=1S/C19H17N5O/c1-25-16-10-6-5-9-14(16)11-17-21-18-12-15(13-7-3-2-4-8-13)23-24(18)19(20)22-17/h2-10,12H,11H2,1H3,(H2,20,21,22). The number of nitrogens with zero attached hydrogens (tertiary/aromatic N) is 4. The molecule has 0 spiro atoms. The Hall–Kier alpha value is -3.41. The first-order chi connectivity index (χ1) is 12.2. The summed E-state index contributed by atoms with van der Waals surface area (Å²) in [6, 6.07) is 19.6. The van der Waals surface area contributed by atoms with Crippen LogP contribution >= 0.6 is 0 Å². The van der Waals surface area contributed by atoms with Crippen LogP contribution in [0.15, 0.2) is 60.7 Å². The molecule has 0 fully saturated rings. The number of para-hydroxylation sites is 1. The van der Waals surface area contributed by atoms with Gasteiger partial charge in [-0.05, 0) is 6.07 Å². The van der Waals surface area contributed by atoms with Crippen molar-refractivity contribution >= 4 is 11.6 Å². The Labute approximate surface area is 144 Å². The van der Waals surface area contributed by atoms with Crippen LogP contribution in [0.25, 0.3) is 16.9 Å². The Kier molecular flexibility index (Phi) is 3.78. The van der Waals surface area contributed by atoms with E-state index in [0.717, 1.165) is 22.6 Å². The molecule has 124 valence electrons. The molecule has 2 aromatic carbocycles. The van der Waals surface area contributed by atoms with Crippen LogP contribution in [0.5, 0.6) is 5.75 Å². The van der Waals surface area contributed by atoms with Crippen molar-refractivity contribution in [1.82, 2.24) is 19.6 Å². The molecule has 0 saturated heterocycles. The second-order valence-corrected chi connectivity index (χ2v) is 5.65. The highest BCUT2D eigenvalue weighted by Crippen LogP contribution is 2.22. The van der Waals surface area contributed by atoms with Crippen molar-refractivity contribution in [1.29, 1.82) is 0 Å². The molecular weight excluding hydrogens is 314 g/mol. The lowest BCUT2D eigenvalue weighted by atomic mass is 10.1. The lowest BCUT2D eigenvalue weighted by molar-refractivity contribution is 0.410. The Morgan fingerprint density at radius 3 is 2.56 bits per heavy atom. The van der Waals surface area contributed by atoms with Gasteiger partial charge in [0, 0.05) is 23.6 Å². The molecule has 4 rings (SSSR count). The second-order valence-electron chi connectivity index (χ2n) is 5.65. The summed E-state index contributed by atoms with van der Waals surface area (Å²) < 4.78 is 6.96. The molecule has 0 amide bonds. The molecule has 0 aliphatic rings. The number of ether oxygens (including phenoxy) is 1. The van der Waals surface area contributed by atoms with Crippen LogP contribution < -0.4 is 10.5 Å². The summed E-state index contributed by atoms with van der Waals surface area (Å²) in [5.41, 5.74) is 9.61. The van der Waals surface area contributed by atoms with Gasteiger partial charge in [0.25, 0.3) is 0 Å². The Morgan fingerprint density at radius 1 is 1.00 bits per heavy atom. The van der Waals surface area contributed by atoms with Crippen LogP contribution in [0.3, 0.4) is 0 Å². The molecule has 2 heterocycles. The Bertz CT molecular complexity index is 1030. The van der Waals surface area contributed by atoms with Crippen molar-refractivity contribution in [2.24, 2.45) is 0 Å². The van der Waals surface area contributed by atoms with Crippen molar-refractivity contribution in [3.63, 3.8) is 0 Å². The minimum atomic E-state index is 0.317. The molecule has 25 heavy (non-hydrogen) atoms. The number of methoxy groups -OCH3 is 1. The van der Waals surface area contributed by atoms with Crippen molar-refractivity contribution in [3.05, 3.63) is 72.1 Å². The zero-order chi connectivity index (χ0) is 17.2. The van der Waals surface area contributed by atoms with Crippen LogP contribution in [0, 0.1) is 0 Å². The summed E-state index contributed by atoms with van der Waals surface area (Å²) in [7, 11) is 1.65. The summed E-state index contributed by atoms with van der Waals surface area (Å²) >= 11 is 0. The average Bonchev–Trinajstić information content (AvgIpc) is 3.08. The first-order valence-electron chi connectivity index (χ1n) is 7.94.